The van der Waals surface area contributed by atoms with Crippen molar-refractivity contribution in [2.24, 2.45) is 0 Å². The number of aryl methyl sites for hydroxylation is 1. The van der Waals surface area contributed by atoms with Gasteiger partial charge in [-0.3, -0.25) is 0 Å². The molecular weight excluding hydrogens is 304 g/mol. The third-order valence-corrected chi connectivity index (χ3v) is 4.63. The van der Waals surface area contributed by atoms with E-state index in [0.29, 0.717) is 12.2 Å². The predicted molar refractivity (Wildman–Crippen MR) is 75.2 cm³/mol. The molecule has 0 atom stereocenters. The van der Waals surface area contributed by atoms with Gasteiger partial charge in [0.05, 0.1) is 12.5 Å². The Hall–Kier alpha value is -0.970. The fourth-order valence-corrected chi connectivity index (χ4v) is 3.78. The third-order valence-electron chi connectivity index (χ3n) is 2.40. The second-order valence-electron chi connectivity index (χ2n) is 5.13. The van der Waals surface area contributed by atoms with Crippen molar-refractivity contribution in [1.82, 2.24) is 19.4 Å². The summed E-state index contributed by atoms with van der Waals surface area (Å²) in [4.78, 5) is 6.61. The number of rotatable bonds is 7. The lowest BCUT2D eigenvalue weighted by Gasteiger charge is -2.24. The van der Waals surface area contributed by atoms with Gasteiger partial charge in [0.1, 0.15) is 5.82 Å². The van der Waals surface area contributed by atoms with Crippen LogP contribution in [0.2, 0.25) is 0 Å². The molecule has 20 heavy (non-hydrogen) atoms. The molecule has 1 aromatic heterocycles. The van der Waals surface area contributed by atoms with Crippen LogP contribution in [-0.2, 0) is 26.5 Å². The molecule has 3 N–H and O–H groups in total. The summed E-state index contributed by atoms with van der Waals surface area (Å²) < 4.78 is 51.1. The van der Waals surface area contributed by atoms with E-state index in [9.17, 15) is 16.8 Å². The van der Waals surface area contributed by atoms with Crippen LogP contribution in [-0.4, -0.2) is 45.1 Å². The molecule has 1 aromatic rings. The van der Waals surface area contributed by atoms with E-state index in [0.717, 1.165) is 6.26 Å². The van der Waals surface area contributed by atoms with Gasteiger partial charge in [-0.2, -0.15) is 0 Å². The molecule has 0 aliphatic rings. The molecule has 1 heterocycles. The molecule has 0 amide bonds. The maximum atomic E-state index is 12.0. The number of imidazole rings is 1. The zero-order valence-corrected chi connectivity index (χ0v) is 13.5. The summed E-state index contributed by atoms with van der Waals surface area (Å²) in [6.07, 6.45) is 2.85. The van der Waals surface area contributed by atoms with Crippen LogP contribution in [0, 0.1) is 0 Å². The minimum Gasteiger partial charge on any atom is -0.332 e. The second kappa shape index (κ2) is 5.80. The number of hydrogen-bond donors (Lipinski definition) is 3. The first-order valence-corrected chi connectivity index (χ1v) is 9.35. The Morgan fingerprint density at radius 2 is 1.90 bits per heavy atom. The van der Waals surface area contributed by atoms with Crippen LogP contribution < -0.4 is 9.44 Å². The first kappa shape index (κ1) is 17.1. The number of sulfonamides is 2. The summed E-state index contributed by atoms with van der Waals surface area (Å²) in [5.74, 6) is 0.568. The Morgan fingerprint density at radius 3 is 2.35 bits per heavy atom. The Balaban J connectivity index is 2.77. The minimum absolute atomic E-state index is 0.0375. The fourth-order valence-electron chi connectivity index (χ4n) is 1.55. The third kappa shape index (κ3) is 5.19. The Bertz CT molecular complexity index is 661. The highest BCUT2D eigenvalue weighted by molar-refractivity contribution is 7.89. The maximum Gasteiger partial charge on any atom is 0.257 e. The molecule has 0 radical (unpaired) electrons. The molecular formula is C10H20N4O4S2. The molecule has 0 unspecified atom stereocenters. The molecule has 8 nitrogen and oxygen atoms in total. The van der Waals surface area contributed by atoms with E-state index in [1.807, 2.05) is 6.92 Å². The Morgan fingerprint density at radius 1 is 1.30 bits per heavy atom. The standard InChI is InChI=1S/C10H20N4O4S2/c1-5-8-11-6-9(13-8)20(17,18)12-7-10(2,3)14-19(4,15)16/h6,12,14H,5,7H2,1-4H3,(H,11,13). The van der Waals surface area contributed by atoms with Gasteiger partial charge < -0.3 is 4.98 Å². The number of H-pyrrole nitrogens is 1. The molecule has 0 aromatic carbocycles. The molecule has 0 saturated heterocycles. The normalized spacial score (nSPS) is 13.6. The van der Waals surface area contributed by atoms with Gasteiger partial charge in [-0.1, -0.05) is 6.92 Å². The summed E-state index contributed by atoms with van der Waals surface area (Å²) in [6, 6.07) is 0. The smallest absolute Gasteiger partial charge is 0.257 e. The van der Waals surface area contributed by atoms with Gasteiger partial charge >= 0.3 is 0 Å². The van der Waals surface area contributed by atoms with Crippen molar-refractivity contribution in [2.45, 2.75) is 37.8 Å². The summed E-state index contributed by atoms with van der Waals surface area (Å²) >= 11 is 0. The SMILES string of the molecule is CCc1ncc(S(=O)(=O)NCC(C)(C)NS(C)(=O)=O)[nH]1. The topological polar surface area (TPSA) is 121 Å². The Labute approximate surface area is 119 Å². The number of nitrogens with one attached hydrogen (secondary N) is 3. The summed E-state index contributed by atoms with van der Waals surface area (Å²) in [6.45, 7) is 4.94. The fraction of sp³-hybridized carbons (Fsp3) is 0.700. The lowest BCUT2D eigenvalue weighted by Crippen LogP contribution is -2.50. The van der Waals surface area contributed by atoms with Crippen molar-refractivity contribution in [3.05, 3.63) is 12.0 Å². The average Bonchev–Trinajstić information content (AvgIpc) is 2.72. The van der Waals surface area contributed by atoms with Crippen LogP contribution in [0.5, 0.6) is 0 Å². The van der Waals surface area contributed by atoms with Crippen molar-refractivity contribution >= 4 is 20.0 Å². The first-order valence-electron chi connectivity index (χ1n) is 5.98. The lowest BCUT2D eigenvalue weighted by molar-refractivity contribution is 0.445. The molecule has 0 bridgehead atoms. The first-order chi connectivity index (χ1) is 8.95. The van der Waals surface area contributed by atoms with Crippen molar-refractivity contribution in [3.8, 4) is 0 Å². The van der Waals surface area contributed by atoms with Gasteiger partial charge in [0, 0.05) is 18.5 Å². The van der Waals surface area contributed by atoms with Gasteiger partial charge in [0.2, 0.25) is 10.0 Å². The summed E-state index contributed by atoms with van der Waals surface area (Å²) in [5.41, 5.74) is -0.936. The largest absolute Gasteiger partial charge is 0.332 e. The van der Waals surface area contributed by atoms with E-state index in [1.54, 1.807) is 13.8 Å². The van der Waals surface area contributed by atoms with Crippen LogP contribution in [0.4, 0.5) is 0 Å². The highest BCUT2D eigenvalue weighted by Gasteiger charge is 2.26. The van der Waals surface area contributed by atoms with Crippen molar-refractivity contribution in [1.29, 1.82) is 0 Å². The zero-order chi connectivity index (χ0) is 15.6. The van der Waals surface area contributed by atoms with E-state index in [-0.39, 0.29) is 11.6 Å². The van der Waals surface area contributed by atoms with Crippen LogP contribution in [0.15, 0.2) is 11.2 Å². The van der Waals surface area contributed by atoms with Gasteiger partial charge in [-0.05, 0) is 13.8 Å². The Kier molecular flexibility index (Phi) is 4.95. The lowest BCUT2D eigenvalue weighted by atomic mass is 10.1. The van der Waals surface area contributed by atoms with Crippen molar-refractivity contribution < 1.29 is 16.8 Å². The van der Waals surface area contributed by atoms with E-state index in [1.165, 1.54) is 6.20 Å². The molecule has 0 aliphatic carbocycles. The van der Waals surface area contributed by atoms with Gasteiger partial charge in [0.25, 0.3) is 10.0 Å². The zero-order valence-electron chi connectivity index (χ0n) is 11.9. The summed E-state index contributed by atoms with van der Waals surface area (Å²) in [5, 5.41) is -0.0375. The average molecular weight is 324 g/mol. The van der Waals surface area contributed by atoms with Crippen LogP contribution in [0.3, 0.4) is 0 Å². The van der Waals surface area contributed by atoms with Crippen LogP contribution in [0.25, 0.3) is 0 Å². The molecule has 0 saturated carbocycles. The van der Waals surface area contributed by atoms with E-state index >= 15 is 0 Å². The monoisotopic (exact) mass is 324 g/mol. The molecule has 0 aliphatic heterocycles. The van der Waals surface area contributed by atoms with Crippen LogP contribution >= 0.6 is 0 Å². The second-order valence-corrected chi connectivity index (χ2v) is 8.61. The number of aromatic nitrogens is 2. The summed E-state index contributed by atoms with van der Waals surface area (Å²) in [7, 11) is -7.16. The van der Waals surface area contributed by atoms with E-state index in [2.05, 4.69) is 19.4 Å². The van der Waals surface area contributed by atoms with Gasteiger partial charge in [-0.25, -0.2) is 31.3 Å². The molecule has 0 fully saturated rings. The van der Waals surface area contributed by atoms with Gasteiger partial charge in [0.15, 0.2) is 5.03 Å². The number of hydrogen-bond acceptors (Lipinski definition) is 5. The van der Waals surface area contributed by atoms with E-state index in [4.69, 9.17) is 0 Å². The predicted octanol–water partition coefficient (Wildman–Crippen LogP) is -0.422. The molecule has 10 heteroatoms. The highest BCUT2D eigenvalue weighted by atomic mass is 32.2. The van der Waals surface area contributed by atoms with Crippen molar-refractivity contribution in [2.75, 3.05) is 12.8 Å². The molecule has 1 rings (SSSR count). The quantitative estimate of drug-likeness (QED) is 0.629. The number of aromatic amines is 1. The molecule has 116 valence electrons. The minimum atomic E-state index is -3.74. The number of nitrogens with zero attached hydrogens (tertiary/aromatic N) is 1. The van der Waals surface area contributed by atoms with Crippen molar-refractivity contribution in [3.63, 3.8) is 0 Å². The maximum absolute atomic E-state index is 12.0. The van der Waals surface area contributed by atoms with Crippen LogP contribution in [0.1, 0.15) is 26.6 Å². The van der Waals surface area contributed by atoms with Gasteiger partial charge in [-0.15, -0.1) is 0 Å². The molecule has 0 spiro atoms. The highest BCUT2D eigenvalue weighted by Crippen LogP contribution is 2.08. The van der Waals surface area contributed by atoms with E-state index < -0.39 is 25.6 Å².